The van der Waals surface area contributed by atoms with E-state index >= 15 is 0 Å². The van der Waals surface area contributed by atoms with E-state index in [2.05, 4.69) is 38.3 Å². The highest BCUT2D eigenvalue weighted by Gasteiger charge is 2.08. The molecule has 0 aliphatic rings. The SMILES string of the molecule is COc1ccc(-c2csc(=NC(C)C)n2N=Cc2ccc(C)s2)cc1. The van der Waals surface area contributed by atoms with Crippen LogP contribution in [0.5, 0.6) is 5.75 Å². The van der Waals surface area contributed by atoms with Crippen molar-refractivity contribution in [2.45, 2.75) is 26.8 Å². The quantitative estimate of drug-likeness (QED) is 0.595. The van der Waals surface area contributed by atoms with Gasteiger partial charge in [-0.05, 0) is 57.2 Å². The summed E-state index contributed by atoms with van der Waals surface area (Å²) in [5.74, 6) is 0.843. The highest BCUT2D eigenvalue weighted by Crippen LogP contribution is 2.23. The number of rotatable bonds is 5. The Balaban J connectivity index is 2.06. The van der Waals surface area contributed by atoms with E-state index in [4.69, 9.17) is 14.8 Å². The lowest BCUT2D eigenvalue weighted by molar-refractivity contribution is 0.415. The van der Waals surface area contributed by atoms with Crippen molar-refractivity contribution in [3.05, 3.63) is 56.3 Å². The minimum absolute atomic E-state index is 0.216. The standard InChI is InChI=1S/C19H21N3OS2/c1-13(2)21-19-22(20-11-17-10-5-14(3)25-17)18(12-24-19)15-6-8-16(23-4)9-7-15/h5-13H,1-4H3. The molecule has 3 rings (SSSR count). The fourth-order valence-corrected chi connectivity index (χ4v) is 4.03. The van der Waals surface area contributed by atoms with Crippen LogP contribution >= 0.6 is 22.7 Å². The van der Waals surface area contributed by atoms with Gasteiger partial charge in [-0.3, -0.25) is 4.99 Å². The van der Waals surface area contributed by atoms with Crippen LogP contribution in [0, 0.1) is 6.92 Å². The third kappa shape index (κ3) is 4.27. The molecule has 0 aliphatic heterocycles. The first-order chi connectivity index (χ1) is 12.1. The topological polar surface area (TPSA) is 38.9 Å². The number of ether oxygens (including phenoxy) is 1. The Labute approximate surface area is 155 Å². The number of methoxy groups -OCH3 is 1. The van der Waals surface area contributed by atoms with Crippen LogP contribution < -0.4 is 9.54 Å². The molecule has 0 N–H and O–H groups in total. The summed E-state index contributed by atoms with van der Waals surface area (Å²) in [5.41, 5.74) is 2.11. The van der Waals surface area contributed by atoms with E-state index in [0.717, 1.165) is 26.7 Å². The van der Waals surface area contributed by atoms with Crippen LogP contribution in [0.2, 0.25) is 0 Å². The lowest BCUT2D eigenvalue weighted by Gasteiger charge is -2.05. The first-order valence-corrected chi connectivity index (χ1v) is 9.76. The highest BCUT2D eigenvalue weighted by atomic mass is 32.1. The number of thiophene rings is 1. The lowest BCUT2D eigenvalue weighted by atomic mass is 10.2. The van der Waals surface area contributed by atoms with Gasteiger partial charge in [0.05, 0.1) is 19.0 Å². The summed E-state index contributed by atoms with van der Waals surface area (Å²) in [5, 5.41) is 6.81. The molecule has 0 spiro atoms. The lowest BCUT2D eigenvalue weighted by Crippen LogP contribution is -2.14. The van der Waals surface area contributed by atoms with Gasteiger partial charge in [-0.25, -0.2) is 4.68 Å². The van der Waals surface area contributed by atoms with Crippen molar-refractivity contribution in [3.8, 4) is 17.0 Å². The van der Waals surface area contributed by atoms with Crippen molar-refractivity contribution < 1.29 is 4.74 Å². The molecule has 3 aromatic rings. The molecule has 0 unspecified atom stereocenters. The second-order valence-electron chi connectivity index (χ2n) is 5.86. The number of hydrogen-bond acceptors (Lipinski definition) is 5. The van der Waals surface area contributed by atoms with E-state index in [9.17, 15) is 0 Å². The maximum atomic E-state index is 5.25. The van der Waals surface area contributed by atoms with Crippen LogP contribution in [0.4, 0.5) is 0 Å². The summed E-state index contributed by atoms with van der Waals surface area (Å²) in [6, 6.07) is 12.4. The Morgan fingerprint density at radius 2 is 1.88 bits per heavy atom. The molecule has 2 heterocycles. The maximum absolute atomic E-state index is 5.25. The van der Waals surface area contributed by atoms with Crippen molar-refractivity contribution in [2.75, 3.05) is 7.11 Å². The average molecular weight is 372 g/mol. The second-order valence-corrected chi connectivity index (χ2v) is 8.02. The van der Waals surface area contributed by atoms with Crippen molar-refractivity contribution in [1.82, 2.24) is 4.68 Å². The predicted octanol–water partition coefficient (Wildman–Crippen LogP) is 4.79. The third-order valence-electron chi connectivity index (χ3n) is 3.50. The largest absolute Gasteiger partial charge is 0.497 e. The summed E-state index contributed by atoms with van der Waals surface area (Å²) >= 11 is 3.33. The van der Waals surface area contributed by atoms with Crippen LogP contribution in [0.1, 0.15) is 23.6 Å². The molecular formula is C19H21N3OS2. The third-order valence-corrected chi connectivity index (χ3v) is 5.27. The Hall–Kier alpha value is -2.18. The number of thiazole rings is 1. The number of nitrogens with zero attached hydrogens (tertiary/aromatic N) is 3. The monoisotopic (exact) mass is 371 g/mol. The van der Waals surface area contributed by atoms with E-state index in [1.807, 2.05) is 35.2 Å². The van der Waals surface area contributed by atoms with Crippen molar-refractivity contribution in [3.63, 3.8) is 0 Å². The molecule has 2 aromatic heterocycles. The van der Waals surface area contributed by atoms with E-state index < -0.39 is 0 Å². The molecule has 0 saturated heterocycles. The van der Waals surface area contributed by atoms with E-state index in [-0.39, 0.29) is 6.04 Å². The van der Waals surface area contributed by atoms with E-state index in [1.54, 1.807) is 29.8 Å². The molecule has 0 saturated carbocycles. The molecule has 6 heteroatoms. The number of hydrogen-bond donors (Lipinski definition) is 0. The Morgan fingerprint density at radius 1 is 1.12 bits per heavy atom. The minimum atomic E-state index is 0.216. The van der Waals surface area contributed by atoms with Gasteiger partial charge in [0.15, 0.2) is 0 Å². The number of aryl methyl sites for hydroxylation is 1. The van der Waals surface area contributed by atoms with Crippen LogP contribution in [-0.2, 0) is 0 Å². The normalized spacial score (nSPS) is 12.4. The Kier molecular flexibility index (Phi) is 5.50. The van der Waals surface area contributed by atoms with Crippen LogP contribution in [0.15, 0.2) is 51.9 Å². The van der Waals surface area contributed by atoms with E-state index in [1.165, 1.54) is 4.88 Å². The van der Waals surface area contributed by atoms with Crippen molar-refractivity contribution in [2.24, 2.45) is 10.1 Å². The fraction of sp³-hybridized carbons (Fsp3) is 0.263. The molecule has 4 nitrogen and oxygen atoms in total. The maximum Gasteiger partial charge on any atom is 0.206 e. The van der Waals surface area contributed by atoms with Crippen LogP contribution in [0.3, 0.4) is 0 Å². The molecule has 25 heavy (non-hydrogen) atoms. The van der Waals surface area contributed by atoms with Gasteiger partial charge in [0.1, 0.15) is 5.75 Å². The van der Waals surface area contributed by atoms with Gasteiger partial charge in [0.25, 0.3) is 0 Å². The average Bonchev–Trinajstić information content (AvgIpc) is 3.19. The first kappa shape index (κ1) is 17.6. The molecule has 0 amide bonds. The smallest absolute Gasteiger partial charge is 0.206 e. The number of aromatic nitrogens is 1. The zero-order valence-corrected chi connectivity index (χ0v) is 16.4. The van der Waals surface area contributed by atoms with Crippen molar-refractivity contribution >= 4 is 28.9 Å². The Bertz CT molecular complexity index is 930. The van der Waals surface area contributed by atoms with Gasteiger partial charge >= 0.3 is 0 Å². The van der Waals surface area contributed by atoms with Gasteiger partial charge in [0, 0.05) is 26.7 Å². The summed E-state index contributed by atoms with van der Waals surface area (Å²) in [4.78, 5) is 8.01. The summed E-state index contributed by atoms with van der Waals surface area (Å²) in [7, 11) is 1.67. The minimum Gasteiger partial charge on any atom is -0.497 e. The molecule has 0 aliphatic carbocycles. The summed E-state index contributed by atoms with van der Waals surface area (Å²) in [6.45, 7) is 6.25. The van der Waals surface area contributed by atoms with Crippen LogP contribution in [0.25, 0.3) is 11.3 Å². The zero-order valence-electron chi connectivity index (χ0n) is 14.8. The van der Waals surface area contributed by atoms with Gasteiger partial charge in [-0.2, -0.15) is 5.10 Å². The Morgan fingerprint density at radius 3 is 2.48 bits per heavy atom. The van der Waals surface area contributed by atoms with E-state index in [0.29, 0.717) is 0 Å². The first-order valence-electron chi connectivity index (χ1n) is 8.06. The number of benzene rings is 1. The van der Waals surface area contributed by atoms with Gasteiger partial charge in [-0.1, -0.05) is 0 Å². The molecule has 0 radical (unpaired) electrons. The molecule has 0 fully saturated rings. The zero-order chi connectivity index (χ0) is 17.8. The summed E-state index contributed by atoms with van der Waals surface area (Å²) < 4.78 is 7.17. The van der Waals surface area contributed by atoms with Gasteiger partial charge in [-0.15, -0.1) is 22.7 Å². The molecule has 1 aromatic carbocycles. The highest BCUT2D eigenvalue weighted by molar-refractivity contribution is 7.13. The van der Waals surface area contributed by atoms with Gasteiger partial charge in [0.2, 0.25) is 4.80 Å². The summed E-state index contributed by atoms with van der Waals surface area (Å²) in [6.07, 6.45) is 1.90. The fourth-order valence-electron chi connectivity index (χ4n) is 2.32. The van der Waals surface area contributed by atoms with Crippen LogP contribution in [-0.4, -0.2) is 24.0 Å². The molecular weight excluding hydrogens is 350 g/mol. The molecule has 0 atom stereocenters. The second kappa shape index (κ2) is 7.80. The predicted molar refractivity (Wildman–Crippen MR) is 107 cm³/mol. The molecule has 0 bridgehead atoms. The molecule has 130 valence electrons. The van der Waals surface area contributed by atoms with Crippen molar-refractivity contribution in [1.29, 1.82) is 0 Å². The van der Waals surface area contributed by atoms with Gasteiger partial charge < -0.3 is 4.74 Å².